The van der Waals surface area contributed by atoms with Gasteiger partial charge in [-0.05, 0) is 30.3 Å². The van der Waals surface area contributed by atoms with E-state index in [9.17, 15) is 17.6 Å². The smallest absolute Gasteiger partial charge is 0.258 e. The normalized spacial score (nSPS) is 11.1. The summed E-state index contributed by atoms with van der Waals surface area (Å²) in [5.41, 5.74) is 0.711. The van der Waals surface area contributed by atoms with Crippen molar-refractivity contribution in [2.24, 2.45) is 0 Å². The number of para-hydroxylation sites is 1. The van der Waals surface area contributed by atoms with Crippen molar-refractivity contribution in [3.05, 3.63) is 72.6 Å². The molecule has 0 aliphatic carbocycles. The van der Waals surface area contributed by atoms with Gasteiger partial charge in [-0.15, -0.1) is 6.58 Å². The first kappa shape index (κ1) is 17.8. The lowest BCUT2D eigenvalue weighted by atomic mass is 10.2. The van der Waals surface area contributed by atoms with Crippen molar-refractivity contribution in [3.8, 4) is 0 Å². The first-order valence-corrected chi connectivity index (χ1v) is 8.58. The highest BCUT2D eigenvalue weighted by Gasteiger charge is 2.22. The molecule has 0 fully saturated rings. The first-order chi connectivity index (χ1) is 11.4. The first-order valence-electron chi connectivity index (χ1n) is 7.10. The molecule has 5 nitrogen and oxygen atoms in total. The van der Waals surface area contributed by atoms with Crippen molar-refractivity contribution in [2.45, 2.75) is 4.90 Å². The minimum Gasteiger partial charge on any atom is -0.311 e. The van der Waals surface area contributed by atoms with Crippen LogP contribution in [-0.2, 0) is 10.0 Å². The Bertz CT molecular complexity index is 851. The number of carbonyl (C=O) groups is 1. The third kappa shape index (κ3) is 3.87. The lowest BCUT2D eigenvalue weighted by Gasteiger charge is -2.18. The van der Waals surface area contributed by atoms with Gasteiger partial charge in [0.15, 0.2) is 0 Å². The minimum atomic E-state index is -4.07. The summed E-state index contributed by atoms with van der Waals surface area (Å²) in [6.45, 7) is 3.36. The molecule has 0 aliphatic rings. The number of carbonyl (C=O) groups excluding carboxylic acids is 1. The second-order valence-corrected chi connectivity index (χ2v) is 6.72. The Morgan fingerprint density at radius 2 is 1.92 bits per heavy atom. The zero-order chi connectivity index (χ0) is 17.7. The molecular weight excluding hydrogens is 331 g/mol. The number of nitrogens with one attached hydrogen (secondary N) is 1. The number of nitrogens with zero attached hydrogens (tertiary/aromatic N) is 1. The molecule has 0 aliphatic heterocycles. The number of halogens is 1. The number of anilines is 1. The molecular formula is C17H17FN2O3S. The van der Waals surface area contributed by atoms with E-state index in [2.05, 4.69) is 11.3 Å². The van der Waals surface area contributed by atoms with Crippen LogP contribution in [0, 0.1) is 5.82 Å². The summed E-state index contributed by atoms with van der Waals surface area (Å²) in [4.78, 5) is 13.3. The van der Waals surface area contributed by atoms with Gasteiger partial charge in [-0.25, -0.2) is 17.5 Å². The van der Waals surface area contributed by atoms with Crippen molar-refractivity contribution in [3.63, 3.8) is 0 Å². The van der Waals surface area contributed by atoms with Crippen molar-refractivity contribution in [1.82, 2.24) is 4.72 Å². The van der Waals surface area contributed by atoms with Gasteiger partial charge in [-0.3, -0.25) is 4.79 Å². The molecule has 1 N–H and O–H groups in total. The Labute approximate surface area is 140 Å². The molecule has 2 aromatic rings. The van der Waals surface area contributed by atoms with Crippen LogP contribution in [0.2, 0.25) is 0 Å². The van der Waals surface area contributed by atoms with Gasteiger partial charge in [-0.2, -0.15) is 0 Å². The summed E-state index contributed by atoms with van der Waals surface area (Å²) in [7, 11) is -2.51. The minimum absolute atomic E-state index is 0.0378. The van der Waals surface area contributed by atoms with Gasteiger partial charge in [0.05, 0.1) is 0 Å². The largest absolute Gasteiger partial charge is 0.311 e. The van der Waals surface area contributed by atoms with Crippen LogP contribution in [0.5, 0.6) is 0 Å². The van der Waals surface area contributed by atoms with Gasteiger partial charge in [0, 0.05) is 24.8 Å². The fourth-order valence-electron chi connectivity index (χ4n) is 2.05. The Hall–Kier alpha value is -2.51. The number of hydrogen-bond acceptors (Lipinski definition) is 3. The molecule has 0 atom stereocenters. The molecule has 0 heterocycles. The summed E-state index contributed by atoms with van der Waals surface area (Å²) in [6.07, 6.45) is 1.34. The monoisotopic (exact) mass is 348 g/mol. The number of amides is 1. The Morgan fingerprint density at radius 3 is 2.54 bits per heavy atom. The van der Waals surface area contributed by atoms with Crippen molar-refractivity contribution in [1.29, 1.82) is 0 Å². The lowest BCUT2D eigenvalue weighted by molar-refractivity contribution is 0.0992. The highest BCUT2D eigenvalue weighted by Crippen LogP contribution is 2.20. The molecule has 24 heavy (non-hydrogen) atoms. The molecule has 2 rings (SSSR count). The maximum Gasteiger partial charge on any atom is 0.258 e. The summed E-state index contributed by atoms with van der Waals surface area (Å²) in [6, 6.07) is 12.1. The van der Waals surface area contributed by atoms with E-state index in [1.165, 1.54) is 17.0 Å². The summed E-state index contributed by atoms with van der Waals surface area (Å²) in [5.74, 6) is -1.37. The van der Waals surface area contributed by atoms with Crippen LogP contribution in [0.25, 0.3) is 0 Å². The van der Waals surface area contributed by atoms with E-state index in [1.54, 1.807) is 31.3 Å². The van der Waals surface area contributed by atoms with E-state index < -0.39 is 26.6 Å². The number of sulfonamides is 1. The molecule has 1 amide bonds. The number of hydrogen-bond donors (Lipinski definition) is 1. The maximum absolute atomic E-state index is 13.9. The fraction of sp³-hybridized carbons (Fsp3) is 0.118. The second kappa shape index (κ2) is 7.37. The van der Waals surface area contributed by atoms with Crippen LogP contribution >= 0.6 is 0 Å². The van der Waals surface area contributed by atoms with Gasteiger partial charge in [0.1, 0.15) is 10.7 Å². The van der Waals surface area contributed by atoms with Gasteiger partial charge in [0.2, 0.25) is 10.0 Å². The van der Waals surface area contributed by atoms with E-state index in [0.29, 0.717) is 5.69 Å². The van der Waals surface area contributed by atoms with Gasteiger partial charge in [-0.1, -0.05) is 24.3 Å². The van der Waals surface area contributed by atoms with Crippen molar-refractivity contribution in [2.75, 3.05) is 18.5 Å². The third-order valence-electron chi connectivity index (χ3n) is 3.33. The zero-order valence-corrected chi connectivity index (χ0v) is 13.9. The molecule has 0 saturated carbocycles. The summed E-state index contributed by atoms with van der Waals surface area (Å²) >= 11 is 0. The molecule has 0 aromatic heterocycles. The SMILES string of the molecule is C=CCNS(=O)(=O)c1cc(C(=O)N(C)c2ccccc2)ccc1F. The predicted molar refractivity (Wildman–Crippen MR) is 91.0 cm³/mol. The van der Waals surface area contributed by atoms with E-state index in [1.807, 2.05) is 6.07 Å². The molecule has 0 bridgehead atoms. The lowest BCUT2D eigenvalue weighted by Crippen LogP contribution is -2.28. The van der Waals surface area contributed by atoms with Gasteiger partial charge >= 0.3 is 0 Å². The predicted octanol–water partition coefficient (Wildman–Crippen LogP) is 2.57. The molecule has 0 unspecified atom stereocenters. The van der Waals surface area contributed by atoms with Crippen molar-refractivity contribution >= 4 is 21.6 Å². The fourth-order valence-corrected chi connectivity index (χ4v) is 3.15. The van der Waals surface area contributed by atoms with Gasteiger partial charge in [0.25, 0.3) is 5.91 Å². The number of benzene rings is 2. The molecule has 0 spiro atoms. The number of rotatable bonds is 6. The summed E-state index contributed by atoms with van der Waals surface area (Å²) in [5, 5.41) is 0. The van der Waals surface area contributed by atoms with Crippen LogP contribution in [-0.4, -0.2) is 27.9 Å². The maximum atomic E-state index is 13.9. The van der Waals surface area contributed by atoms with Crippen molar-refractivity contribution < 1.29 is 17.6 Å². The zero-order valence-electron chi connectivity index (χ0n) is 13.1. The van der Waals surface area contributed by atoms with Crippen LogP contribution in [0.15, 0.2) is 66.1 Å². The Kier molecular flexibility index (Phi) is 5.48. The Balaban J connectivity index is 2.37. The topological polar surface area (TPSA) is 66.5 Å². The molecule has 0 saturated heterocycles. The average Bonchev–Trinajstić information content (AvgIpc) is 2.59. The van der Waals surface area contributed by atoms with E-state index in [0.717, 1.165) is 12.1 Å². The molecule has 7 heteroatoms. The van der Waals surface area contributed by atoms with E-state index in [-0.39, 0.29) is 12.1 Å². The molecule has 2 aromatic carbocycles. The third-order valence-corrected chi connectivity index (χ3v) is 4.77. The van der Waals surface area contributed by atoms with E-state index in [4.69, 9.17) is 0 Å². The quantitative estimate of drug-likeness (QED) is 0.816. The highest BCUT2D eigenvalue weighted by molar-refractivity contribution is 7.89. The Morgan fingerprint density at radius 1 is 1.25 bits per heavy atom. The highest BCUT2D eigenvalue weighted by atomic mass is 32.2. The van der Waals surface area contributed by atoms with Crippen LogP contribution < -0.4 is 9.62 Å². The second-order valence-electron chi connectivity index (χ2n) is 4.99. The molecule has 0 radical (unpaired) electrons. The standard InChI is InChI=1S/C17H17FN2O3S/c1-3-11-19-24(22,23)16-12-13(9-10-15(16)18)17(21)20(2)14-7-5-4-6-8-14/h3-10,12,19H,1,11H2,2H3. The van der Waals surface area contributed by atoms with Gasteiger partial charge < -0.3 is 4.90 Å². The van der Waals surface area contributed by atoms with Crippen LogP contribution in [0.4, 0.5) is 10.1 Å². The van der Waals surface area contributed by atoms with Crippen LogP contribution in [0.1, 0.15) is 10.4 Å². The summed E-state index contributed by atoms with van der Waals surface area (Å²) < 4.78 is 40.3. The molecule has 126 valence electrons. The van der Waals surface area contributed by atoms with Crippen LogP contribution in [0.3, 0.4) is 0 Å². The van der Waals surface area contributed by atoms with E-state index >= 15 is 0 Å². The average molecular weight is 348 g/mol.